The third-order valence-electron chi connectivity index (χ3n) is 8.32. The van der Waals surface area contributed by atoms with Gasteiger partial charge in [-0.1, -0.05) is 57.5 Å². The molecule has 0 aliphatic heterocycles. The number of carbonyl (C=O) groups excluding carboxylic acids is 1. The zero-order valence-corrected chi connectivity index (χ0v) is 21.4. The van der Waals surface area contributed by atoms with Gasteiger partial charge < -0.3 is 9.47 Å². The maximum atomic E-state index is 12.9. The lowest BCUT2D eigenvalue weighted by Gasteiger charge is -2.47. The van der Waals surface area contributed by atoms with Gasteiger partial charge >= 0.3 is 5.97 Å². The highest BCUT2D eigenvalue weighted by Gasteiger charge is 2.64. The largest absolute Gasteiger partial charge is 0.460 e. The minimum atomic E-state index is -0.454. The van der Waals surface area contributed by atoms with Crippen LogP contribution in [-0.2, 0) is 20.8 Å². The van der Waals surface area contributed by atoms with E-state index in [9.17, 15) is 4.79 Å². The Morgan fingerprint density at radius 2 is 1.91 bits per heavy atom. The van der Waals surface area contributed by atoms with Crippen LogP contribution in [0.4, 0.5) is 0 Å². The summed E-state index contributed by atoms with van der Waals surface area (Å²) in [6, 6.07) is 10.9. The maximum absolute atomic E-state index is 12.9. The fraction of sp³-hybridized carbons (Fsp3) is 0.750. The standard InChI is InChI=1S/C28H45NO3/c1-8-12-23(18-25(30)32-26(2,3)4)29(19-21-13-10-9-11-14-21)20-28-16-15-22(27(28,5)6)17-24(28)31-7/h9-11,13-14,22-24H,8,12,15-20H2,1-7H3/t22?,23-,24?,28?/m1/s1. The van der Waals surface area contributed by atoms with E-state index in [2.05, 4.69) is 56.0 Å². The SMILES string of the molecule is CCC[C@H](CC(=O)OC(C)(C)C)N(Cc1ccccc1)CC12CCC(CC1OC)C2(C)C. The molecule has 4 heteroatoms. The highest BCUT2D eigenvalue weighted by Crippen LogP contribution is 2.66. The minimum absolute atomic E-state index is 0.0928. The molecule has 1 aromatic rings. The van der Waals surface area contributed by atoms with Gasteiger partial charge in [0.05, 0.1) is 12.5 Å². The Morgan fingerprint density at radius 1 is 1.22 bits per heavy atom. The van der Waals surface area contributed by atoms with E-state index in [1.54, 1.807) is 0 Å². The summed E-state index contributed by atoms with van der Waals surface area (Å²) in [6.45, 7) is 14.8. The third-order valence-corrected chi connectivity index (χ3v) is 8.32. The zero-order chi connectivity index (χ0) is 23.6. The summed E-state index contributed by atoms with van der Waals surface area (Å²) in [6.07, 6.45) is 6.42. The van der Waals surface area contributed by atoms with E-state index in [4.69, 9.17) is 9.47 Å². The molecule has 0 radical (unpaired) electrons. The predicted molar refractivity (Wildman–Crippen MR) is 130 cm³/mol. The van der Waals surface area contributed by atoms with Crippen molar-refractivity contribution >= 4 is 5.97 Å². The highest BCUT2D eigenvalue weighted by molar-refractivity contribution is 5.70. The van der Waals surface area contributed by atoms with Crippen molar-refractivity contribution in [3.63, 3.8) is 0 Å². The van der Waals surface area contributed by atoms with Crippen molar-refractivity contribution in [2.45, 2.75) is 104 Å². The quantitative estimate of drug-likeness (QED) is 0.402. The van der Waals surface area contributed by atoms with Crippen molar-refractivity contribution in [3.05, 3.63) is 35.9 Å². The molecule has 0 aromatic heterocycles. The second kappa shape index (κ2) is 9.85. The summed E-state index contributed by atoms with van der Waals surface area (Å²) < 4.78 is 11.8. The van der Waals surface area contributed by atoms with E-state index in [0.29, 0.717) is 12.5 Å². The second-order valence-electron chi connectivity index (χ2n) is 11.7. The van der Waals surface area contributed by atoms with Crippen molar-refractivity contribution in [2.24, 2.45) is 16.7 Å². The van der Waals surface area contributed by atoms with Crippen LogP contribution in [0.15, 0.2) is 30.3 Å². The summed E-state index contributed by atoms with van der Waals surface area (Å²) in [4.78, 5) is 15.5. The van der Waals surface area contributed by atoms with Gasteiger partial charge in [-0.05, 0) is 63.4 Å². The number of methoxy groups -OCH3 is 1. The number of fused-ring (bicyclic) bond motifs is 2. The fourth-order valence-electron chi connectivity index (χ4n) is 6.52. The number of ether oxygens (including phenoxy) is 2. The molecule has 32 heavy (non-hydrogen) atoms. The molecular formula is C28H45NO3. The van der Waals surface area contributed by atoms with Gasteiger partial charge in [-0.15, -0.1) is 0 Å². The molecule has 2 bridgehead atoms. The third kappa shape index (κ3) is 5.22. The molecule has 0 amide bonds. The molecule has 2 fully saturated rings. The molecule has 2 aliphatic rings. The van der Waals surface area contributed by atoms with Gasteiger partial charge in [-0.3, -0.25) is 9.69 Å². The lowest BCUT2D eigenvalue weighted by Crippen LogP contribution is -2.51. The molecule has 3 unspecified atom stereocenters. The first-order valence-electron chi connectivity index (χ1n) is 12.5. The molecule has 0 saturated heterocycles. The van der Waals surface area contributed by atoms with Crippen LogP contribution in [0.2, 0.25) is 0 Å². The van der Waals surface area contributed by atoms with Gasteiger partial charge in [-0.25, -0.2) is 0 Å². The first kappa shape index (κ1) is 25.2. The highest BCUT2D eigenvalue weighted by atomic mass is 16.6. The molecule has 3 rings (SSSR count). The van der Waals surface area contributed by atoms with Gasteiger partial charge in [0.25, 0.3) is 0 Å². The summed E-state index contributed by atoms with van der Waals surface area (Å²) in [7, 11) is 1.88. The van der Waals surface area contributed by atoms with Gasteiger partial charge in [0.1, 0.15) is 5.60 Å². The number of hydrogen-bond donors (Lipinski definition) is 0. The number of carbonyl (C=O) groups is 1. The van der Waals surface area contributed by atoms with Crippen molar-refractivity contribution in [3.8, 4) is 0 Å². The monoisotopic (exact) mass is 443 g/mol. The topological polar surface area (TPSA) is 38.8 Å². The Kier molecular flexibility index (Phi) is 7.77. The smallest absolute Gasteiger partial charge is 0.307 e. The van der Waals surface area contributed by atoms with Gasteiger partial charge in [0.15, 0.2) is 0 Å². The summed E-state index contributed by atoms with van der Waals surface area (Å²) >= 11 is 0. The van der Waals surface area contributed by atoms with Crippen molar-refractivity contribution in [1.29, 1.82) is 0 Å². The molecular weight excluding hydrogens is 398 g/mol. The average Bonchev–Trinajstić information content (AvgIpc) is 3.07. The minimum Gasteiger partial charge on any atom is -0.460 e. The van der Waals surface area contributed by atoms with E-state index < -0.39 is 5.60 Å². The van der Waals surface area contributed by atoms with E-state index in [0.717, 1.165) is 38.3 Å². The first-order valence-corrected chi connectivity index (χ1v) is 12.5. The van der Waals surface area contributed by atoms with Crippen LogP contribution in [0.5, 0.6) is 0 Å². The molecule has 2 aliphatic carbocycles. The number of rotatable bonds is 10. The van der Waals surface area contributed by atoms with Crippen LogP contribution in [0.3, 0.4) is 0 Å². The van der Waals surface area contributed by atoms with Crippen molar-refractivity contribution < 1.29 is 14.3 Å². The lowest BCUT2D eigenvalue weighted by atomic mass is 9.67. The van der Waals surface area contributed by atoms with Gasteiger partial charge in [-0.2, -0.15) is 0 Å². The Hall–Kier alpha value is -1.39. The van der Waals surface area contributed by atoms with E-state index in [1.165, 1.54) is 18.4 Å². The van der Waals surface area contributed by atoms with E-state index in [-0.39, 0.29) is 22.8 Å². The van der Waals surface area contributed by atoms with Gasteiger partial charge in [0.2, 0.25) is 0 Å². The van der Waals surface area contributed by atoms with E-state index >= 15 is 0 Å². The molecule has 0 N–H and O–H groups in total. The molecule has 180 valence electrons. The van der Waals surface area contributed by atoms with Crippen LogP contribution in [0, 0.1) is 16.7 Å². The van der Waals surface area contributed by atoms with Crippen LogP contribution < -0.4 is 0 Å². The summed E-state index contributed by atoms with van der Waals surface area (Å²) in [5, 5.41) is 0. The second-order valence-corrected chi connectivity index (χ2v) is 11.7. The Morgan fingerprint density at radius 3 is 2.47 bits per heavy atom. The van der Waals surface area contributed by atoms with Crippen LogP contribution in [-0.4, -0.2) is 42.3 Å². The average molecular weight is 444 g/mol. The van der Waals surface area contributed by atoms with Gasteiger partial charge in [0, 0.05) is 31.7 Å². The fourth-order valence-corrected chi connectivity index (χ4v) is 6.52. The van der Waals surface area contributed by atoms with Crippen molar-refractivity contribution in [2.75, 3.05) is 13.7 Å². The van der Waals surface area contributed by atoms with Crippen LogP contribution in [0.1, 0.15) is 85.6 Å². The Bertz CT molecular complexity index is 754. The molecule has 4 atom stereocenters. The molecule has 1 aromatic carbocycles. The number of nitrogens with zero attached hydrogens (tertiary/aromatic N) is 1. The lowest BCUT2D eigenvalue weighted by molar-refractivity contribution is -0.157. The zero-order valence-electron chi connectivity index (χ0n) is 21.4. The van der Waals surface area contributed by atoms with E-state index in [1.807, 2.05) is 27.9 Å². The maximum Gasteiger partial charge on any atom is 0.307 e. The van der Waals surface area contributed by atoms with Crippen molar-refractivity contribution in [1.82, 2.24) is 4.90 Å². The summed E-state index contributed by atoms with van der Waals surface area (Å²) in [5.41, 5.74) is 1.21. The number of hydrogen-bond acceptors (Lipinski definition) is 4. The van der Waals surface area contributed by atoms with Crippen LogP contribution >= 0.6 is 0 Å². The normalized spacial score (nSPS) is 27.6. The molecule has 0 spiro atoms. The number of esters is 1. The Balaban J connectivity index is 1.90. The first-order chi connectivity index (χ1) is 15.0. The Labute approximate surface area is 196 Å². The molecule has 4 nitrogen and oxygen atoms in total. The molecule has 2 saturated carbocycles. The molecule has 0 heterocycles. The predicted octanol–water partition coefficient (Wildman–Crippen LogP) is 6.23. The number of benzene rings is 1. The summed E-state index contributed by atoms with van der Waals surface area (Å²) in [5.74, 6) is 0.631. The van der Waals surface area contributed by atoms with Crippen LogP contribution in [0.25, 0.3) is 0 Å².